The molecule has 2 rings (SSSR count). The van der Waals surface area contributed by atoms with Crippen LogP contribution in [-0.2, 0) is 6.42 Å². The normalized spacial score (nSPS) is 12.3. The summed E-state index contributed by atoms with van der Waals surface area (Å²) in [5, 5.41) is 3.51. The van der Waals surface area contributed by atoms with Crippen LogP contribution < -0.4 is 5.32 Å². The Morgan fingerprint density at radius 2 is 1.86 bits per heavy atom. The highest BCUT2D eigenvalue weighted by molar-refractivity contribution is 5.30. The van der Waals surface area contributed by atoms with Crippen molar-refractivity contribution in [3.63, 3.8) is 0 Å². The van der Waals surface area contributed by atoms with Gasteiger partial charge in [0, 0.05) is 12.5 Å². The average molecular weight is 285 g/mol. The number of aryl methyl sites for hydroxylation is 1. The number of halogens is 1. The van der Waals surface area contributed by atoms with Crippen LogP contribution in [0.3, 0.4) is 0 Å². The molecule has 1 atom stereocenters. The maximum atomic E-state index is 13.2. The van der Waals surface area contributed by atoms with E-state index < -0.39 is 0 Å². The highest BCUT2D eigenvalue weighted by Crippen LogP contribution is 2.22. The second kappa shape index (κ2) is 7.94. The smallest absolute Gasteiger partial charge is 0.123 e. The minimum atomic E-state index is -0.156. The summed E-state index contributed by atoms with van der Waals surface area (Å²) in [5.41, 5.74) is 3.60. The summed E-state index contributed by atoms with van der Waals surface area (Å²) in [6.07, 6.45) is 2.07. The Morgan fingerprint density at radius 3 is 2.52 bits per heavy atom. The Morgan fingerprint density at radius 1 is 1.10 bits per heavy atom. The first-order valence-corrected chi connectivity index (χ1v) is 7.71. The zero-order valence-electron chi connectivity index (χ0n) is 12.9. The molecule has 2 aromatic rings. The van der Waals surface area contributed by atoms with Crippen molar-refractivity contribution >= 4 is 0 Å². The molecule has 0 saturated carbocycles. The fourth-order valence-corrected chi connectivity index (χ4v) is 2.64. The first-order valence-electron chi connectivity index (χ1n) is 7.71. The zero-order chi connectivity index (χ0) is 15.1. The molecule has 21 heavy (non-hydrogen) atoms. The van der Waals surface area contributed by atoms with Gasteiger partial charge in [0.2, 0.25) is 0 Å². The van der Waals surface area contributed by atoms with Crippen molar-refractivity contribution in [3.8, 4) is 0 Å². The van der Waals surface area contributed by atoms with Gasteiger partial charge in [0.05, 0.1) is 0 Å². The van der Waals surface area contributed by atoms with Crippen molar-refractivity contribution in [3.05, 3.63) is 71.0 Å². The van der Waals surface area contributed by atoms with Gasteiger partial charge in [-0.15, -0.1) is 0 Å². The van der Waals surface area contributed by atoms with E-state index in [0.29, 0.717) is 5.92 Å². The van der Waals surface area contributed by atoms with E-state index in [0.717, 1.165) is 31.5 Å². The zero-order valence-corrected chi connectivity index (χ0v) is 12.9. The molecule has 2 aromatic carbocycles. The van der Waals surface area contributed by atoms with Crippen molar-refractivity contribution in [1.29, 1.82) is 0 Å². The van der Waals surface area contributed by atoms with E-state index in [1.54, 1.807) is 12.1 Å². The summed E-state index contributed by atoms with van der Waals surface area (Å²) < 4.78 is 13.2. The van der Waals surface area contributed by atoms with Crippen molar-refractivity contribution in [1.82, 2.24) is 5.32 Å². The van der Waals surface area contributed by atoms with Crippen LogP contribution in [0.4, 0.5) is 4.39 Å². The standard InChI is InChI=1S/C19H24FN/c1-3-11-21-14-18(16-7-5-4-6-8-16)13-17-9-10-19(20)12-15(17)2/h4-10,12,18,21H,3,11,13-14H2,1-2H3. The van der Waals surface area contributed by atoms with Crippen LogP contribution in [0.25, 0.3) is 0 Å². The first-order chi connectivity index (χ1) is 10.2. The van der Waals surface area contributed by atoms with Gasteiger partial charge in [-0.25, -0.2) is 4.39 Å². The van der Waals surface area contributed by atoms with E-state index in [2.05, 4.69) is 36.5 Å². The molecule has 2 heteroatoms. The highest BCUT2D eigenvalue weighted by Gasteiger charge is 2.13. The Labute approximate surface area is 127 Å². The van der Waals surface area contributed by atoms with Crippen LogP contribution in [0.5, 0.6) is 0 Å². The molecule has 0 aliphatic carbocycles. The molecule has 0 aliphatic rings. The lowest BCUT2D eigenvalue weighted by Gasteiger charge is -2.19. The minimum absolute atomic E-state index is 0.156. The molecule has 112 valence electrons. The van der Waals surface area contributed by atoms with Gasteiger partial charge < -0.3 is 5.32 Å². The van der Waals surface area contributed by atoms with Crippen molar-refractivity contribution < 1.29 is 4.39 Å². The molecule has 1 N–H and O–H groups in total. The number of nitrogens with one attached hydrogen (secondary N) is 1. The predicted octanol–water partition coefficient (Wildman–Crippen LogP) is 4.46. The van der Waals surface area contributed by atoms with Crippen LogP contribution in [0.15, 0.2) is 48.5 Å². The lowest BCUT2D eigenvalue weighted by Crippen LogP contribution is -2.24. The summed E-state index contributed by atoms with van der Waals surface area (Å²) in [6.45, 7) is 6.15. The molecular formula is C19H24FN. The maximum Gasteiger partial charge on any atom is 0.123 e. The Kier molecular flexibility index (Phi) is 5.94. The Balaban J connectivity index is 2.15. The molecule has 1 nitrogen and oxygen atoms in total. The molecule has 0 bridgehead atoms. The Hall–Kier alpha value is -1.67. The van der Waals surface area contributed by atoms with Crippen molar-refractivity contribution in [2.45, 2.75) is 32.6 Å². The SMILES string of the molecule is CCCNCC(Cc1ccc(F)cc1C)c1ccccc1. The predicted molar refractivity (Wildman–Crippen MR) is 87.2 cm³/mol. The average Bonchev–Trinajstić information content (AvgIpc) is 2.49. The van der Waals surface area contributed by atoms with Gasteiger partial charge in [-0.2, -0.15) is 0 Å². The van der Waals surface area contributed by atoms with Crippen molar-refractivity contribution in [2.24, 2.45) is 0 Å². The lowest BCUT2D eigenvalue weighted by atomic mass is 9.90. The quantitative estimate of drug-likeness (QED) is 0.741. The first kappa shape index (κ1) is 15.7. The van der Waals surface area contributed by atoms with Gasteiger partial charge in [0.1, 0.15) is 5.82 Å². The van der Waals surface area contributed by atoms with Gasteiger partial charge in [-0.3, -0.25) is 0 Å². The van der Waals surface area contributed by atoms with Crippen LogP contribution >= 0.6 is 0 Å². The molecule has 0 aliphatic heterocycles. The fraction of sp³-hybridized carbons (Fsp3) is 0.368. The summed E-state index contributed by atoms with van der Waals surface area (Å²) >= 11 is 0. The molecule has 0 aromatic heterocycles. The number of rotatable bonds is 7. The van der Waals surface area contributed by atoms with E-state index in [-0.39, 0.29) is 5.82 Å². The van der Waals surface area contributed by atoms with Crippen LogP contribution in [0.2, 0.25) is 0 Å². The highest BCUT2D eigenvalue weighted by atomic mass is 19.1. The Bertz CT molecular complexity index is 551. The third kappa shape index (κ3) is 4.68. The number of hydrogen-bond donors (Lipinski definition) is 1. The number of benzene rings is 2. The third-order valence-corrected chi connectivity index (χ3v) is 3.86. The summed E-state index contributed by atoms with van der Waals surface area (Å²) in [4.78, 5) is 0. The molecule has 0 radical (unpaired) electrons. The van der Waals surface area contributed by atoms with Crippen LogP contribution in [-0.4, -0.2) is 13.1 Å². The van der Waals surface area contributed by atoms with E-state index >= 15 is 0 Å². The van der Waals surface area contributed by atoms with E-state index in [1.807, 2.05) is 19.1 Å². The molecular weight excluding hydrogens is 261 g/mol. The molecule has 0 saturated heterocycles. The lowest BCUT2D eigenvalue weighted by molar-refractivity contribution is 0.574. The van der Waals surface area contributed by atoms with E-state index in [9.17, 15) is 4.39 Å². The fourth-order valence-electron chi connectivity index (χ4n) is 2.64. The monoisotopic (exact) mass is 285 g/mol. The maximum absolute atomic E-state index is 13.2. The minimum Gasteiger partial charge on any atom is -0.316 e. The van der Waals surface area contributed by atoms with Gasteiger partial charge >= 0.3 is 0 Å². The van der Waals surface area contributed by atoms with Gasteiger partial charge in [-0.05, 0) is 55.1 Å². The van der Waals surface area contributed by atoms with Gasteiger partial charge in [0.15, 0.2) is 0 Å². The topological polar surface area (TPSA) is 12.0 Å². The summed E-state index contributed by atoms with van der Waals surface area (Å²) in [7, 11) is 0. The molecule has 0 heterocycles. The molecule has 1 unspecified atom stereocenters. The largest absolute Gasteiger partial charge is 0.316 e. The molecule has 0 amide bonds. The summed E-state index contributed by atoms with van der Waals surface area (Å²) in [6, 6.07) is 15.7. The second-order valence-electron chi connectivity index (χ2n) is 5.59. The molecule has 0 fully saturated rings. The van der Waals surface area contributed by atoms with Crippen molar-refractivity contribution in [2.75, 3.05) is 13.1 Å². The second-order valence-corrected chi connectivity index (χ2v) is 5.59. The summed E-state index contributed by atoms with van der Waals surface area (Å²) in [5.74, 6) is 0.263. The van der Waals surface area contributed by atoms with Crippen LogP contribution in [0.1, 0.15) is 36.0 Å². The van der Waals surface area contributed by atoms with Gasteiger partial charge in [0.25, 0.3) is 0 Å². The van der Waals surface area contributed by atoms with Crippen LogP contribution in [0, 0.1) is 12.7 Å². The number of hydrogen-bond acceptors (Lipinski definition) is 1. The third-order valence-electron chi connectivity index (χ3n) is 3.86. The van der Waals surface area contributed by atoms with E-state index in [4.69, 9.17) is 0 Å². The van der Waals surface area contributed by atoms with E-state index in [1.165, 1.54) is 11.1 Å². The van der Waals surface area contributed by atoms with Gasteiger partial charge in [-0.1, -0.05) is 43.3 Å². The molecule has 0 spiro atoms.